The molecule has 0 bridgehead atoms. The fourth-order valence-corrected chi connectivity index (χ4v) is 5.87. The fraction of sp³-hybridized carbons (Fsp3) is 0.172. The number of anilines is 1. The van der Waals surface area contributed by atoms with Crippen LogP contribution in [0.2, 0.25) is 5.02 Å². The lowest BCUT2D eigenvalue weighted by Gasteiger charge is -2.35. The Kier molecular flexibility index (Phi) is 5.16. The summed E-state index contributed by atoms with van der Waals surface area (Å²) in [5, 5.41) is 0.507. The van der Waals surface area contributed by atoms with Crippen molar-refractivity contribution in [2.75, 3.05) is 4.90 Å². The van der Waals surface area contributed by atoms with E-state index < -0.39 is 29.8 Å². The number of amides is 2. The molecule has 0 radical (unpaired) electrons. The van der Waals surface area contributed by atoms with E-state index in [0.29, 0.717) is 21.8 Å². The predicted octanol–water partition coefficient (Wildman–Crippen LogP) is 4.94. The summed E-state index contributed by atoms with van der Waals surface area (Å²) in [6.45, 7) is 1.46. The molecule has 0 spiro atoms. The Bertz CT molecular complexity index is 1460. The molecule has 36 heavy (non-hydrogen) atoms. The molecule has 3 aliphatic rings. The molecular formula is C29H21ClN2O4. The number of imide groups is 1. The van der Waals surface area contributed by atoms with Crippen molar-refractivity contribution >= 4 is 46.7 Å². The molecule has 0 aromatic heterocycles. The first kappa shape index (κ1) is 22.4. The van der Waals surface area contributed by atoms with Crippen LogP contribution in [0.1, 0.15) is 44.8 Å². The van der Waals surface area contributed by atoms with Crippen molar-refractivity contribution in [1.82, 2.24) is 4.90 Å². The first-order valence-electron chi connectivity index (χ1n) is 11.7. The molecule has 2 saturated heterocycles. The third-order valence-corrected chi connectivity index (χ3v) is 7.64. The lowest BCUT2D eigenvalue weighted by Crippen LogP contribution is -2.44. The Labute approximate surface area is 212 Å². The molecule has 0 unspecified atom stereocenters. The van der Waals surface area contributed by atoms with Crippen molar-refractivity contribution in [2.45, 2.75) is 19.0 Å². The average Bonchev–Trinajstić information content (AvgIpc) is 3.36. The average molecular weight is 497 g/mol. The number of fused-ring (bicyclic) bond motifs is 5. The van der Waals surface area contributed by atoms with E-state index in [1.807, 2.05) is 41.4 Å². The van der Waals surface area contributed by atoms with Crippen LogP contribution in [0.15, 0.2) is 79.0 Å². The van der Waals surface area contributed by atoms with Gasteiger partial charge in [0, 0.05) is 22.3 Å². The number of Topliss-reactive ketones (excluding diaryl/α,β-unsaturated/α-hetero) is 2. The molecule has 3 aromatic rings. The molecule has 178 valence electrons. The number of hydrogen-bond acceptors (Lipinski definition) is 5. The zero-order chi connectivity index (χ0) is 25.1. The highest BCUT2D eigenvalue weighted by Crippen LogP contribution is 2.53. The van der Waals surface area contributed by atoms with Gasteiger partial charge in [-0.25, -0.2) is 4.90 Å². The quantitative estimate of drug-likeness (QED) is 0.378. The van der Waals surface area contributed by atoms with Crippen LogP contribution in [0.5, 0.6) is 0 Å². The molecule has 3 aromatic carbocycles. The van der Waals surface area contributed by atoms with E-state index in [2.05, 4.69) is 0 Å². The standard InChI is InChI=1S/C29H21ClN2O4/c1-16(33)17-8-12-21(13-9-17)32-28(35)23-24(29(32)36)26(27(34)19-6-10-20(30)11-7-19)31-15-14-18-4-2-3-5-22(18)25(23)31/h2-15,23-26H,1H3/t23-,24+,25-,26-/m0/s1. The zero-order valence-corrected chi connectivity index (χ0v) is 20.1. The Morgan fingerprint density at radius 2 is 1.44 bits per heavy atom. The van der Waals surface area contributed by atoms with Crippen LogP contribution in [0.4, 0.5) is 5.69 Å². The summed E-state index contributed by atoms with van der Waals surface area (Å²) in [6.07, 6.45) is 3.75. The molecule has 6 rings (SSSR count). The molecule has 2 fully saturated rings. The summed E-state index contributed by atoms with van der Waals surface area (Å²) < 4.78 is 0. The summed E-state index contributed by atoms with van der Waals surface area (Å²) in [4.78, 5) is 56.4. The van der Waals surface area contributed by atoms with Crippen molar-refractivity contribution in [3.05, 3.63) is 106 Å². The second-order valence-electron chi connectivity index (χ2n) is 9.32. The van der Waals surface area contributed by atoms with Gasteiger partial charge in [0.25, 0.3) is 0 Å². The number of rotatable bonds is 4. The van der Waals surface area contributed by atoms with Crippen molar-refractivity contribution in [3.8, 4) is 0 Å². The van der Waals surface area contributed by atoms with Gasteiger partial charge in [0.1, 0.15) is 6.04 Å². The summed E-state index contributed by atoms with van der Waals surface area (Å²) >= 11 is 6.03. The van der Waals surface area contributed by atoms with E-state index in [1.54, 1.807) is 48.5 Å². The first-order chi connectivity index (χ1) is 17.4. The summed E-state index contributed by atoms with van der Waals surface area (Å²) in [5.74, 6) is -2.66. The smallest absolute Gasteiger partial charge is 0.240 e. The Hall–Kier alpha value is -4.03. The molecule has 0 aliphatic carbocycles. The van der Waals surface area contributed by atoms with Crippen molar-refractivity contribution in [3.63, 3.8) is 0 Å². The normalized spacial score (nSPS) is 23.9. The van der Waals surface area contributed by atoms with E-state index in [9.17, 15) is 19.2 Å². The SMILES string of the molecule is CC(=O)c1ccc(N2C(=O)[C@@H]3[C@H](C2=O)[C@@H]2c4ccccc4C=CN2[C@@H]3C(=O)c2ccc(Cl)cc2)cc1. The van der Waals surface area contributed by atoms with Crippen LogP contribution < -0.4 is 4.90 Å². The van der Waals surface area contributed by atoms with Crippen LogP contribution in [-0.4, -0.2) is 34.3 Å². The third kappa shape index (κ3) is 3.25. The van der Waals surface area contributed by atoms with E-state index in [1.165, 1.54) is 11.8 Å². The van der Waals surface area contributed by atoms with Gasteiger partial charge in [0.15, 0.2) is 11.6 Å². The van der Waals surface area contributed by atoms with Crippen LogP contribution in [0.25, 0.3) is 6.08 Å². The largest absolute Gasteiger partial charge is 0.358 e. The van der Waals surface area contributed by atoms with Gasteiger partial charge in [-0.1, -0.05) is 35.9 Å². The highest BCUT2D eigenvalue weighted by atomic mass is 35.5. The molecule has 6 nitrogen and oxygen atoms in total. The monoisotopic (exact) mass is 496 g/mol. The summed E-state index contributed by atoms with van der Waals surface area (Å²) in [6, 6.07) is 19.5. The first-order valence-corrected chi connectivity index (χ1v) is 12.1. The maximum atomic E-state index is 13.9. The minimum absolute atomic E-state index is 0.104. The highest BCUT2D eigenvalue weighted by molar-refractivity contribution is 6.30. The second-order valence-corrected chi connectivity index (χ2v) is 9.76. The van der Waals surface area contributed by atoms with E-state index in [-0.39, 0.29) is 17.5 Å². The maximum Gasteiger partial charge on any atom is 0.240 e. The van der Waals surface area contributed by atoms with Gasteiger partial charge in [-0.15, -0.1) is 0 Å². The molecule has 2 amide bonds. The highest BCUT2D eigenvalue weighted by Gasteiger charge is 2.64. The molecule has 4 atom stereocenters. The minimum atomic E-state index is -0.853. The summed E-state index contributed by atoms with van der Waals surface area (Å²) in [5.41, 5.74) is 3.19. The predicted molar refractivity (Wildman–Crippen MR) is 136 cm³/mol. The van der Waals surface area contributed by atoms with Crippen molar-refractivity contribution in [2.24, 2.45) is 11.8 Å². The molecule has 3 heterocycles. The molecule has 3 aliphatic heterocycles. The van der Waals surface area contributed by atoms with Crippen LogP contribution >= 0.6 is 11.6 Å². The van der Waals surface area contributed by atoms with E-state index in [0.717, 1.165) is 11.1 Å². The number of benzene rings is 3. The van der Waals surface area contributed by atoms with Gasteiger partial charge in [-0.3, -0.25) is 19.2 Å². The molecule has 0 saturated carbocycles. The fourth-order valence-electron chi connectivity index (χ4n) is 5.74. The van der Waals surface area contributed by atoms with E-state index >= 15 is 0 Å². The lowest BCUT2D eigenvalue weighted by molar-refractivity contribution is -0.123. The van der Waals surface area contributed by atoms with Gasteiger partial charge < -0.3 is 4.90 Å². The Morgan fingerprint density at radius 3 is 2.14 bits per heavy atom. The molecule has 0 N–H and O–H groups in total. The number of carbonyl (C=O) groups is 4. The van der Waals surface area contributed by atoms with E-state index in [4.69, 9.17) is 11.6 Å². The van der Waals surface area contributed by atoms with Crippen molar-refractivity contribution < 1.29 is 19.2 Å². The van der Waals surface area contributed by atoms with Crippen LogP contribution in [0, 0.1) is 11.8 Å². The Morgan fingerprint density at radius 1 is 0.806 bits per heavy atom. The lowest BCUT2D eigenvalue weighted by atomic mass is 9.83. The maximum absolute atomic E-state index is 13.9. The molecule has 7 heteroatoms. The van der Waals surface area contributed by atoms with Gasteiger partial charge >= 0.3 is 0 Å². The number of carbonyl (C=O) groups excluding carboxylic acids is 4. The number of ketones is 2. The third-order valence-electron chi connectivity index (χ3n) is 7.39. The summed E-state index contributed by atoms with van der Waals surface area (Å²) in [7, 11) is 0. The number of hydrogen-bond donors (Lipinski definition) is 0. The number of nitrogens with zero attached hydrogens (tertiary/aromatic N) is 2. The molecular weight excluding hydrogens is 476 g/mol. The van der Waals surface area contributed by atoms with Gasteiger partial charge in [-0.2, -0.15) is 0 Å². The van der Waals surface area contributed by atoms with Gasteiger partial charge in [-0.05, 0) is 72.7 Å². The second kappa shape index (κ2) is 8.28. The zero-order valence-electron chi connectivity index (χ0n) is 19.3. The Balaban J connectivity index is 1.47. The van der Waals surface area contributed by atoms with Crippen molar-refractivity contribution in [1.29, 1.82) is 0 Å². The minimum Gasteiger partial charge on any atom is -0.358 e. The van der Waals surface area contributed by atoms with Gasteiger partial charge in [0.2, 0.25) is 11.8 Å². The number of halogens is 1. The van der Waals surface area contributed by atoms with Gasteiger partial charge in [0.05, 0.1) is 23.6 Å². The topological polar surface area (TPSA) is 74.8 Å². The van der Waals surface area contributed by atoms with Crippen LogP contribution in [-0.2, 0) is 9.59 Å². The van der Waals surface area contributed by atoms with Crippen LogP contribution in [0.3, 0.4) is 0 Å².